The van der Waals surface area contributed by atoms with Crippen molar-refractivity contribution in [2.45, 2.75) is 0 Å². The van der Waals surface area contributed by atoms with Crippen LogP contribution in [0.1, 0.15) is 0 Å². The second-order valence-corrected chi connectivity index (χ2v) is 2.07. The molecule has 1 aromatic heterocycles. The molecule has 1 rings (SSSR count). The first kappa shape index (κ1) is 5.69. The van der Waals surface area contributed by atoms with Crippen LogP contribution in [0.3, 0.4) is 0 Å². The van der Waals surface area contributed by atoms with E-state index < -0.39 is 5.82 Å². The Morgan fingerprint density at radius 2 is 2.50 bits per heavy atom. The molecule has 0 spiro atoms. The Balaban J connectivity index is 3.13. The molecule has 0 aliphatic carbocycles. The minimum Gasteiger partial charge on any atom is -0.251 e. The molecule has 3 heteroatoms. The molecule has 1 radical (unpaired) electrons. The molecule has 0 amide bonds. The van der Waals surface area contributed by atoms with Gasteiger partial charge < -0.3 is 0 Å². The maximum absolute atomic E-state index is 12.2. The zero-order valence-corrected chi connectivity index (χ0v) is 5.44. The van der Waals surface area contributed by atoms with Crippen molar-refractivity contribution in [1.29, 1.82) is 0 Å². The number of halogens is 2. The number of aromatic nitrogens is 1. The predicted molar refractivity (Wildman–Crippen MR) is 30.7 cm³/mol. The van der Waals surface area contributed by atoms with Gasteiger partial charge in [-0.05, 0) is 22.0 Å². The van der Waals surface area contributed by atoms with E-state index in [-0.39, 0.29) is 0 Å². The molecule has 0 bridgehead atoms. The van der Waals surface area contributed by atoms with Gasteiger partial charge in [-0.3, -0.25) is 4.98 Å². The van der Waals surface area contributed by atoms with Crippen molar-refractivity contribution in [3.05, 3.63) is 28.7 Å². The SMILES string of the molecule is Fc1[c]nccc1Br. The summed E-state index contributed by atoms with van der Waals surface area (Å²) in [6.45, 7) is 0. The predicted octanol–water partition coefficient (Wildman–Crippen LogP) is 1.78. The van der Waals surface area contributed by atoms with E-state index in [2.05, 4.69) is 27.1 Å². The highest BCUT2D eigenvalue weighted by molar-refractivity contribution is 9.10. The van der Waals surface area contributed by atoms with Crippen molar-refractivity contribution >= 4 is 15.9 Å². The topological polar surface area (TPSA) is 12.9 Å². The van der Waals surface area contributed by atoms with Crippen LogP contribution in [-0.2, 0) is 0 Å². The summed E-state index contributed by atoms with van der Waals surface area (Å²) in [5.74, 6) is -0.451. The zero-order valence-electron chi connectivity index (χ0n) is 3.86. The third-order valence-corrected chi connectivity index (χ3v) is 1.28. The molecule has 0 aliphatic rings. The first-order valence-corrected chi connectivity index (χ1v) is 2.77. The molecule has 0 aromatic carbocycles. The van der Waals surface area contributed by atoms with Gasteiger partial charge in [0.1, 0.15) is 6.20 Å². The maximum atomic E-state index is 12.2. The minimum atomic E-state index is -0.451. The van der Waals surface area contributed by atoms with Crippen molar-refractivity contribution in [1.82, 2.24) is 4.98 Å². The molecule has 0 fully saturated rings. The standard InChI is InChI=1S/C5H2BrFN/c6-4-1-2-8-3-5(4)7/h1-2H. The molecular formula is C5H2BrFN. The van der Waals surface area contributed by atoms with Gasteiger partial charge in [0.05, 0.1) is 4.47 Å². The molecular weight excluding hydrogens is 173 g/mol. The van der Waals surface area contributed by atoms with Gasteiger partial charge >= 0.3 is 0 Å². The van der Waals surface area contributed by atoms with E-state index in [9.17, 15) is 4.39 Å². The lowest BCUT2D eigenvalue weighted by Crippen LogP contribution is -1.77. The lowest BCUT2D eigenvalue weighted by molar-refractivity contribution is 0.611. The Labute approximate surface area is 54.7 Å². The lowest BCUT2D eigenvalue weighted by atomic mass is 10.5. The van der Waals surface area contributed by atoms with Gasteiger partial charge in [-0.2, -0.15) is 0 Å². The van der Waals surface area contributed by atoms with Crippen molar-refractivity contribution in [2.75, 3.05) is 0 Å². The Morgan fingerprint density at radius 3 is 2.88 bits per heavy atom. The average molecular weight is 175 g/mol. The monoisotopic (exact) mass is 174 g/mol. The van der Waals surface area contributed by atoms with Gasteiger partial charge in [0.15, 0.2) is 5.82 Å². The Hall–Kier alpha value is -0.440. The smallest absolute Gasteiger partial charge is 0.165 e. The van der Waals surface area contributed by atoms with Gasteiger partial charge in [0, 0.05) is 6.20 Å². The fourth-order valence-corrected chi connectivity index (χ4v) is 0.530. The summed E-state index contributed by atoms with van der Waals surface area (Å²) in [6, 6.07) is 1.52. The fraction of sp³-hybridized carbons (Fsp3) is 0. The van der Waals surface area contributed by atoms with Crippen LogP contribution in [0.2, 0.25) is 0 Å². The van der Waals surface area contributed by atoms with Crippen LogP contribution in [0.5, 0.6) is 0 Å². The molecule has 41 valence electrons. The van der Waals surface area contributed by atoms with Crippen molar-refractivity contribution in [3.63, 3.8) is 0 Å². The van der Waals surface area contributed by atoms with E-state index in [1.807, 2.05) is 0 Å². The normalized spacial score (nSPS) is 9.25. The summed E-state index contributed by atoms with van der Waals surface area (Å²) in [4.78, 5) is 3.42. The molecule has 0 saturated carbocycles. The average Bonchev–Trinajstić information content (AvgIpc) is 1.77. The minimum absolute atomic E-state index is 0.396. The third kappa shape index (κ3) is 1.04. The van der Waals surface area contributed by atoms with Crippen LogP contribution >= 0.6 is 15.9 Å². The Kier molecular flexibility index (Phi) is 1.58. The van der Waals surface area contributed by atoms with Crippen LogP contribution in [0.25, 0.3) is 0 Å². The summed E-state index contributed by atoms with van der Waals surface area (Å²) >= 11 is 2.95. The maximum Gasteiger partial charge on any atom is 0.165 e. The molecule has 1 aromatic rings. The van der Waals surface area contributed by atoms with E-state index in [1.54, 1.807) is 0 Å². The molecule has 0 N–H and O–H groups in total. The van der Waals surface area contributed by atoms with Crippen LogP contribution in [0.4, 0.5) is 4.39 Å². The van der Waals surface area contributed by atoms with Crippen LogP contribution in [0, 0.1) is 12.0 Å². The van der Waals surface area contributed by atoms with E-state index in [0.717, 1.165) is 0 Å². The molecule has 1 nitrogen and oxygen atoms in total. The van der Waals surface area contributed by atoms with Crippen molar-refractivity contribution in [2.24, 2.45) is 0 Å². The molecule has 0 saturated heterocycles. The van der Waals surface area contributed by atoms with Crippen LogP contribution < -0.4 is 0 Å². The van der Waals surface area contributed by atoms with Gasteiger partial charge in [-0.25, -0.2) is 4.39 Å². The Morgan fingerprint density at radius 1 is 1.75 bits per heavy atom. The number of hydrogen-bond donors (Lipinski definition) is 0. The number of hydrogen-bond acceptors (Lipinski definition) is 1. The quantitative estimate of drug-likeness (QED) is 0.585. The van der Waals surface area contributed by atoms with E-state index in [1.165, 1.54) is 12.3 Å². The molecule has 0 atom stereocenters. The summed E-state index contributed by atoms with van der Waals surface area (Å²) in [5, 5.41) is 0. The molecule has 0 unspecified atom stereocenters. The summed E-state index contributed by atoms with van der Waals surface area (Å²) in [7, 11) is 0. The second kappa shape index (κ2) is 2.22. The molecule has 1 heterocycles. The second-order valence-electron chi connectivity index (χ2n) is 1.22. The lowest BCUT2D eigenvalue weighted by Gasteiger charge is -1.85. The van der Waals surface area contributed by atoms with Crippen LogP contribution in [0.15, 0.2) is 16.7 Å². The van der Waals surface area contributed by atoms with Gasteiger partial charge in [0.2, 0.25) is 0 Å². The highest BCUT2D eigenvalue weighted by Gasteiger charge is 1.93. The number of rotatable bonds is 0. The summed E-state index contributed by atoms with van der Waals surface area (Å²) in [5.41, 5.74) is 0. The largest absolute Gasteiger partial charge is 0.251 e. The van der Waals surface area contributed by atoms with Crippen molar-refractivity contribution in [3.8, 4) is 0 Å². The third-order valence-electron chi connectivity index (χ3n) is 0.668. The molecule has 0 aliphatic heterocycles. The van der Waals surface area contributed by atoms with Crippen LogP contribution in [-0.4, -0.2) is 4.98 Å². The number of pyridine rings is 1. The first-order valence-electron chi connectivity index (χ1n) is 1.98. The van der Waals surface area contributed by atoms with Gasteiger partial charge in [-0.1, -0.05) is 0 Å². The first-order chi connectivity index (χ1) is 3.80. The fourth-order valence-electron chi connectivity index (χ4n) is 0.323. The number of nitrogens with zero attached hydrogens (tertiary/aromatic N) is 1. The van der Waals surface area contributed by atoms with Crippen molar-refractivity contribution < 1.29 is 4.39 Å². The highest BCUT2D eigenvalue weighted by Crippen LogP contribution is 2.10. The van der Waals surface area contributed by atoms with E-state index >= 15 is 0 Å². The van der Waals surface area contributed by atoms with Gasteiger partial charge in [0.25, 0.3) is 0 Å². The highest BCUT2D eigenvalue weighted by atomic mass is 79.9. The van der Waals surface area contributed by atoms with Gasteiger partial charge in [-0.15, -0.1) is 0 Å². The molecule has 8 heavy (non-hydrogen) atoms. The van der Waals surface area contributed by atoms with E-state index in [0.29, 0.717) is 4.47 Å². The summed E-state index contributed by atoms with van der Waals surface area (Å²) in [6.07, 6.45) is 3.60. The zero-order chi connectivity index (χ0) is 5.98. The van der Waals surface area contributed by atoms with E-state index in [4.69, 9.17) is 0 Å². The Bertz CT molecular complexity index is 169. The summed E-state index contributed by atoms with van der Waals surface area (Å²) < 4.78 is 12.5.